The lowest BCUT2D eigenvalue weighted by Crippen LogP contribution is -2.23. The van der Waals surface area contributed by atoms with Crippen molar-refractivity contribution in [2.24, 2.45) is 0 Å². The van der Waals surface area contributed by atoms with Crippen LogP contribution in [0.3, 0.4) is 0 Å². The van der Waals surface area contributed by atoms with E-state index < -0.39 is 23.3 Å². The number of carbonyl (C=O) groups is 1. The zero-order valence-corrected chi connectivity index (χ0v) is 9.54. The lowest BCUT2D eigenvalue weighted by molar-refractivity contribution is -0.141. The lowest BCUT2D eigenvalue weighted by Gasteiger charge is -2.12. The summed E-state index contributed by atoms with van der Waals surface area (Å²) in [7, 11) is 1.26. The molecule has 0 bridgehead atoms. The molecule has 18 heavy (non-hydrogen) atoms. The Morgan fingerprint density at radius 3 is 2.67 bits per heavy atom. The maximum absolute atomic E-state index is 12.7. The van der Waals surface area contributed by atoms with Crippen molar-refractivity contribution in [2.75, 3.05) is 7.05 Å². The van der Waals surface area contributed by atoms with E-state index >= 15 is 0 Å². The molecule has 1 fully saturated rings. The predicted molar refractivity (Wildman–Crippen MR) is 56.3 cm³/mol. The summed E-state index contributed by atoms with van der Waals surface area (Å²) in [5.41, 5.74) is -1.73. The SMILES string of the molecule is CNC(=O)c1cc(OC2CC2)cnc1C(F)(F)F. The zero-order chi connectivity index (χ0) is 13.3. The Morgan fingerprint density at radius 2 is 2.17 bits per heavy atom. The normalized spacial score (nSPS) is 15.3. The maximum Gasteiger partial charge on any atom is 0.434 e. The van der Waals surface area contributed by atoms with Crippen LogP contribution in [0.2, 0.25) is 0 Å². The molecule has 1 saturated carbocycles. The minimum atomic E-state index is -4.67. The number of rotatable bonds is 3. The van der Waals surface area contributed by atoms with E-state index in [4.69, 9.17) is 4.74 Å². The molecule has 1 heterocycles. The van der Waals surface area contributed by atoms with Crippen LogP contribution in [-0.2, 0) is 6.18 Å². The van der Waals surface area contributed by atoms with Crippen molar-refractivity contribution in [3.63, 3.8) is 0 Å². The van der Waals surface area contributed by atoms with Crippen molar-refractivity contribution >= 4 is 5.91 Å². The highest BCUT2D eigenvalue weighted by Gasteiger charge is 2.37. The van der Waals surface area contributed by atoms with E-state index in [-0.39, 0.29) is 11.9 Å². The Kier molecular flexibility index (Phi) is 3.14. The van der Waals surface area contributed by atoms with E-state index in [1.807, 2.05) is 0 Å². The third kappa shape index (κ3) is 2.72. The van der Waals surface area contributed by atoms with Gasteiger partial charge in [-0.15, -0.1) is 0 Å². The van der Waals surface area contributed by atoms with E-state index in [2.05, 4.69) is 10.3 Å². The van der Waals surface area contributed by atoms with Gasteiger partial charge in [-0.1, -0.05) is 0 Å². The molecule has 0 spiro atoms. The number of nitrogens with zero attached hydrogens (tertiary/aromatic N) is 1. The second-order valence-corrected chi connectivity index (χ2v) is 3.96. The first-order valence-electron chi connectivity index (χ1n) is 5.38. The number of pyridine rings is 1. The Morgan fingerprint density at radius 1 is 1.50 bits per heavy atom. The molecule has 0 aliphatic heterocycles. The minimum Gasteiger partial charge on any atom is -0.489 e. The molecule has 7 heteroatoms. The molecule has 0 atom stereocenters. The average Bonchev–Trinajstić information content (AvgIpc) is 3.10. The number of ether oxygens (including phenoxy) is 1. The number of nitrogens with one attached hydrogen (secondary N) is 1. The molecule has 2 rings (SSSR count). The smallest absolute Gasteiger partial charge is 0.434 e. The van der Waals surface area contributed by atoms with Gasteiger partial charge < -0.3 is 10.1 Å². The molecule has 4 nitrogen and oxygen atoms in total. The topological polar surface area (TPSA) is 51.2 Å². The lowest BCUT2D eigenvalue weighted by atomic mass is 10.1. The van der Waals surface area contributed by atoms with Gasteiger partial charge in [0.1, 0.15) is 5.75 Å². The maximum atomic E-state index is 12.7. The van der Waals surface area contributed by atoms with Crippen molar-refractivity contribution in [3.05, 3.63) is 23.5 Å². The Balaban J connectivity index is 2.37. The Bertz CT molecular complexity index is 470. The van der Waals surface area contributed by atoms with Crippen molar-refractivity contribution in [2.45, 2.75) is 25.1 Å². The Labute approximate surface area is 101 Å². The van der Waals surface area contributed by atoms with Crippen molar-refractivity contribution in [1.82, 2.24) is 10.3 Å². The monoisotopic (exact) mass is 260 g/mol. The molecule has 1 N–H and O–H groups in total. The van der Waals surface area contributed by atoms with Gasteiger partial charge >= 0.3 is 6.18 Å². The van der Waals surface area contributed by atoms with Crippen LogP contribution in [0.4, 0.5) is 13.2 Å². The first kappa shape index (κ1) is 12.7. The number of amides is 1. The quantitative estimate of drug-likeness (QED) is 0.904. The van der Waals surface area contributed by atoms with Gasteiger partial charge in [0.2, 0.25) is 0 Å². The number of hydrogen-bond donors (Lipinski definition) is 1. The van der Waals surface area contributed by atoms with Gasteiger partial charge in [0.15, 0.2) is 5.69 Å². The first-order valence-corrected chi connectivity index (χ1v) is 5.38. The first-order chi connectivity index (χ1) is 8.41. The van der Waals surface area contributed by atoms with Crippen LogP contribution in [0.25, 0.3) is 0 Å². The summed E-state index contributed by atoms with van der Waals surface area (Å²) < 4.78 is 43.3. The standard InChI is InChI=1S/C11H11F3N2O2/c1-15-10(17)8-4-7(18-6-2-3-6)5-16-9(8)11(12,13)14/h4-6H,2-3H2,1H3,(H,15,17). The second-order valence-electron chi connectivity index (χ2n) is 3.96. The highest BCUT2D eigenvalue weighted by molar-refractivity contribution is 5.95. The number of alkyl halides is 3. The molecule has 1 aromatic heterocycles. The third-order valence-electron chi connectivity index (χ3n) is 2.43. The van der Waals surface area contributed by atoms with Crippen LogP contribution >= 0.6 is 0 Å². The van der Waals surface area contributed by atoms with E-state index in [0.717, 1.165) is 25.1 Å². The van der Waals surface area contributed by atoms with Crippen LogP contribution in [0.1, 0.15) is 28.9 Å². The molecule has 0 saturated heterocycles. The summed E-state index contributed by atoms with van der Waals surface area (Å²) in [5.74, 6) is -0.653. The zero-order valence-electron chi connectivity index (χ0n) is 9.54. The van der Waals surface area contributed by atoms with Gasteiger partial charge in [-0.25, -0.2) is 4.98 Å². The summed E-state index contributed by atoms with van der Waals surface area (Å²) in [5, 5.41) is 2.16. The summed E-state index contributed by atoms with van der Waals surface area (Å²) in [6.07, 6.45) is -1.90. The van der Waals surface area contributed by atoms with Gasteiger partial charge in [0.05, 0.1) is 17.9 Å². The number of carbonyl (C=O) groups excluding carboxylic acids is 1. The number of hydrogen-bond acceptors (Lipinski definition) is 3. The molecule has 0 radical (unpaired) electrons. The highest BCUT2D eigenvalue weighted by Crippen LogP contribution is 2.33. The van der Waals surface area contributed by atoms with Crippen molar-refractivity contribution < 1.29 is 22.7 Å². The summed E-state index contributed by atoms with van der Waals surface area (Å²) in [6.45, 7) is 0. The van der Waals surface area contributed by atoms with Crippen molar-refractivity contribution in [1.29, 1.82) is 0 Å². The molecule has 0 aromatic carbocycles. The Hall–Kier alpha value is -1.79. The summed E-state index contributed by atoms with van der Waals surface area (Å²) in [4.78, 5) is 14.7. The van der Waals surface area contributed by atoms with Crippen LogP contribution in [0.5, 0.6) is 5.75 Å². The van der Waals surface area contributed by atoms with E-state index in [9.17, 15) is 18.0 Å². The number of halogens is 3. The van der Waals surface area contributed by atoms with Crippen molar-refractivity contribution in [3.8, 4) is 5.75 Å². The molecule has 1 aliphatic carbocycles. The predicted octanol–water partition coefficient (Wildman–Crippen LogP) is 2.00. The fraction of sp³-hybridized carbons (Fsp3) is 0.455. The molecule has 1 amide bonds. The molecular weight excluding hydrogens is 249 g/mol. The fourth-order valence-electron chi connectivity index (χ4n) is 1.42. The largest absolute Gasteiger partial charge is 0.489 e. The average molecular weight is 260 g/mol. The molecule has 1 aromatic rings. The number of aromatic nitrogens is 1. The molecule has 0 unspecified atom stereocenters. The van der Waals surface area contributed by atoms with E-state index in [0.29, 0.717) is 0 Å². The van der Waals surface area contributed by atoms with Crippen LogP contribution in [0.15, 0.2) is 12.3 Å². The van der Waals surface area contributed by atoms with Crippen LogP contribution < -0.4 is 10.1 Å². The van der Waals surface area contributed by atoms with E-state index in [1.165, 1.54) is 7.05 Å². The van der Waals surface area contributed by atoms with Gasteiger partial charge in [-0.2, -0.15) is 13.2 Å². The van der Waals surface area contributed by atoms with Gasteiger partial charge in [0.25, 0.3) is 5.91 Å². The second kappa shape index (κ2) is 4.47. The highest BCUT2D eigenvalue weighted by atomic mass is 19.4. The van der Waals surface area contributed by atoms with Crippen LogP contribution in [0, 0.1) is 0 Å². The summed E-state index contributed by atoms with van der Waals surface area (Å²) in [6, 6.07) is 1.08. The van der Waals surface area contributed by atoms with Crippen LogP contribution in [-0.4, -0.2) is 24.0 Å². The van der Waals surface area contributed by atoms with Gasteiger partial charge in [-0.05, 0) is 18.9 Å². The van der Waals surface area contributed by atoms with Gasteiger partial charge in [-0.3, -0.25) is 4.79 Å². The minimum absolute atomic E-state index is 0.0288. The third-order valence-corrected chi connectivity index (χ3v) is 2.43. The van der Waals surface area contributed by atoms with Gasteiger partial charge in [0, 0.05) is 7.05 Å². The molecule has 98 valence electrons. The van der Waals surface area contributed by atoms with E-state index in [1.54, 1.807) is 0 Å². The fourth-order valence-corrected chi connectivity index (χ4v) is 1.42. The molecular formula is C11H11F3N2O2. The summed E-state index contributed by atoms with van der Waals surface area (Å²) >= 11 is 0. The molecule has 1 aliphatic rings.